The topological polar surface area (TPSA) is 21.6 Å². The van der Waals surface area contributed by atoms with Crippen molar-refractivity contribution in [3.63, 3.8) is 0 Å². The minimum atomic E-state index is -0.205. The monoisotopic (exact) mass is 455 g/mol. The molecule has 0 amide bonds. The summed E-state index contributed by atoms with van der Waals surface area (Å²) in [7, 11) is 1.68. The molecule has 0 N–H and O–H groups in total. The van der Waals surface area contributed by atoms with Gasteiger partial charge >= 0.3 is 0 Å². The lowest BCUT2D eigenvalue weighted by Crippen LogP contribution is -2.29. The highest BCUT2D eigenvalue weighted by Gasteiger charge is 2.32. The van der Waals surface area contributed by atoms with E-state index in [4.69, 9.17) is 9.73 Å². The summed E-state index contributed by atoms with van der Waals surface area (Å²) in [5.74, 6) is 2.49. The van der Waals surface area contributed by atoms with Crippen LogP contribution < -0.4 is 4.74 Å². The van der Waals surface area contributed by atoms with Crippen molar-refractivity contribution >= 4 is 34.3 Å². The second kappa shape index (κ2) is 11.2. The lowest BCUT2D eigenvalue weighted by Gasteiger charge is -2.39. The van der Waals surface area contributed by atoms with Gasteiger partial charge in [-0.3, -0.25) is 0 Å². The molecule has 2 aliphatic rings. The average molecular weight is 456 g/mol. The zero-order valence-corrected chi connectivity index (χ0v) is 19.6. The molecule has 0 bridgehead atoms. The summed E-state index contributed by atoms with van der Waals surface area (Å²) in [6, 6.07) is 14.5. The molecule has 2 aromatic rings. The third-order valence-corrected chi connectivity index (χ3v) is 8.37. The van der Waals surface area contributed by atoms with E-state index in [1.54, 1.807) is 18.9 Å². The normalized spacial score (nSPS) is 24.2. The van der Waals surface area contributed by atoms with E-state index in [-0.39, 0.29) is 5.82 Å². The van der Waals surface area contributed by atoms with Crippen LogP contribution in [0.25, 0.3) is 0 Å². The van der Waals surface area contributed by atoms with Crippen molar-refractivity contribution < 1.29 is 9.13 Å². The number of hydrogen-bond donors (Lipinski definition) is 0. The van der Waals surface area contributed by atoms with Crippen molar-refractivity contribution in [2.75, 3.05) is 7.11 Å². The molecule has 2 nitrogen and oxygen atoms in total. The van der Waals surface area contributed by atoms with Crippen molar-refractivity contribution in [2.24, 2.45) is 16.8 Å². The summed E-state index contributed by atoms with van der Waals surface area (Å²) in [5.41, 5.74) is 0.936. The van der Waals surface area contributed by atoms with Crippen LogP contribution in [-0.2, 0) is 0 Å². The van der Waals surface area contributed by atoms with Crippen LogP contribution in [0.1, 0.15) is 44.9 Å². The predicted molar refractivity (Wildman–Crippen MR) is 132 cm³/mol. The van der Waals surface area contributed by atoms with Gasteiger partial charge in [-0.05, 0) is 91.1 Å². The van der Waals surface area contributed by atoms with Gasteiger partial charge in [0.05, 0.1) is 17.8 Å². The molecule has 3 atom stereocenters. The van der Waals surface area contributed by atoms with E-state index >= 15 is 0 Å². The maximum absolute atomic E-state index is 13.2. The zero-order valence-electron chi connectivity index (χ0n) is 18.0. The van der Waals surface area contributed by atoms with E-state index < -0.39 is 0 Å². The fourth-order valence-electron chi connectivity index (χ4n) is 4.68. The lowest BCUT2D eigenvalue weighted by atomic mass is 9.71. The number of halogens is 1. The predicted octanol–water partition coefficient (Wildman–Crippen LogP) is 8.26. The Morgan fingerprint density at radius 1 is 0.968 bits per heavy atom. The Hall–Kier alpha value is -1.72. The molecule has 4 rings (SSSR count). The first-order valence-corrected chi connectivity index (χ1v) is 12.9. The summed E-state index contributed by atoms with van der Waals surface area (Å²) in [4.78, 5) is 5.96. The van der Waals surface area contributed by atoms with Crippen molar-refractivity contribution in [1.82, 2.24) is 0 Å². The minimum Gasteiger partial charge on any atom is -0.497 e. The van der Waals surface area contributed by atoms with Gasteiger partial charge in [0.25, 0.3) is 0 Å². The van der Waals surface area contributed by atoms with Crippen molar-refractivity contribution in [3.05, 3.63) is 65.8 Å². The summed E-state index contributed by atoms with van der Waals surface area (Å²) in [6.45, 7) is 0. The van der Waals surface area contributed by atoms with Gasteiger partial charge in [-0.1, -0.05) is 37.4 Å². The molecule has 0 radical (unpaired) electrons. The fourth-order valence-corrected chi connectivity index (χ4v) is 6.66. The van der Waals surface area contributed by atoms with E-state index in [1.807, 2.05) is 48.2 Å². The number of nitrogens with zero attached hydrogens (tertiary/aromatic N) is 1. The van der Waals surface area contributed by atoms with Gasteiger partial charge < -0.3 is 4.74 Å². The number of methoxy groups -OCH3 is 1. The molecule has 2 saturated carbocycles. The lowest BCUT2D eigenvalue weighted by molar-refractivity contribution is 0.175. The van der Waals surface area contributed by atoms with Crippen LogP contribution in [0.5, 0.6) is 5.75 Å². The highest BCUT2D eigenvalue weighted by atomic mass is 32.2. The first-order chi connectivity index (χ1) is 15.2. The Labute approximate surface area is 193 Å². The molecule has 31 heavy (non-hydrogen) atoms. The molecule has 5 heteroatoms. The first kappa shape index (κ1) is 22.5. The Morgan fingerprint density at radius 2 is 1.71 bits per heavy atom. The van der Waals surface area contributed by atoms with Crippen molar-refractivity contribution in [2.45, 2.75) is 55.1 Å². The summed E-state index contributed by atoms with van der Waals surface area (Å²) in [5, 5.41) is 3.74. The molecular weight excluding hydrogens is 425 g/mol. The number of hydrogen-bond acceptors (Lipinski definition) is 4. The van der Waals surface area contributed by atoms with Gasteiger partial charge in [0, 0.05) is 10.1 Å². The highest BCUT2D eigenvalue weighted by molar-refractivity contribution is 8.15. The number of fused-ring (bicyclic) bond motifs is 1. The second-order valence-corrected chi connectivity index (χ2v) is 10.7. The fraction of sp³-hybridized carbons (Fsp3) is 0.423. The number of rotatable bonds is 6. The smallest absolute Gasteiger partial charge is 0.123 e. The quantitative estimate of drug-likeness (QED) is 0.248. The molecule has 0 aliphatic heterocycles. The van der Waals surface area contributed by atoms with Gasteiger partial charge in [0.15, 0.2) is 0 Å². The Kier molecular flexibility index (Phi) is 8.15. The summed E-state index contributed by atoms with van der Waals surface area (Å²) < 4.78 is 18.4. The molecule has 2 aromatic carbocycles. The Morgan fingerprint density at radius 3 is 2.45 bits per heavy atom. The number of thioether (sulfide) groups is 2. The van der Waals surface area contributed by atoms with Gasteiger partial charge in [-0.2, -0.15) is 0 Å². The van der Waals surface area contributed by atoms with Gasteiger partial charge in [-0.15, -0.1) is 11.8 Å². The molecule has 2 fully saturated rings. The molecule has 164 valence electrons. The molecule has 0 saturated heterocycles. The maximum atomic E-state index is 13.2. The van der Waals surface area contributed by atoms with Crippen molar-refractivity contribution in [1.29, 1.82) is 0 Å². The molecular formula is C26H30FNOS2. The van der Waals surface area contributed by atoms with Crippen LogP contribution in [0.2, 0.25) is 0 Å². The van der Waals surface area contributed by atoms with E-state index in [0.717, 1.165) is 33.2 Å². The number of benzene rings is 2. The van der Waals surface area contributed by atoms with Gasteiger partial charge in [0.1, 0.15) is 11.6 Å². The van der Waals surface area contributed by atoms with Crippen molar-refractivity contribution in [3.8, 4) is 5.75 Å². The van der Waals surface area contributed by atoms with Crippen LogP contribution in [0.4, 0.5) is 10.1 Å². The minimum absolute atomic E-state index is 0.205. The van der Waals surface area contributed by atoms with Crippen LogP contribution in [0.3, 0.4) is 0 Å². The molecule has 2 aliphatic carbocycles. The van der Waals surface area contributed by atoms with E-state index in [0.29, 0.717) is 5.25 Å². The Balaban J connectivity index is 1.46. The second-order valence-electron chi connectivity index (χ2n) is 8.38. The maximum Gasteiger partial charge on any atom is 0.123 e. The van der Waals surface area contributed by atoms with Crippen LogP contribution in [0, 0.1) is 17.7 Å². The molecule has 3 unspecified atom stereocenters. The van der Waals surface area contributed by atoms with Gasteiger partial charge in [-0.25, -0.2) is 9.38 Å². The largest absolute Gasteiger partial charge is 0.497 e. The highest BCUT2D eigenvalue weighted by Crippen LogP contribution is 2.44. The summed E-state index contributed by atoms with van der Waals surface area (Å²) >= 11 is 3.52. The number of ether oxygens (including phenoxy) is 1. The van der Waals surface area contributed by atoms with Crippen LogP contribution in [0.15, 0.2) is 69.9 Å². The Bertz CT molecular complexity index is 895. The zero-order chi connectivity index (χ0) is 21.5. The van der Waals surface area contributed by atoms with Crippen LogP contribution in [-0.4, -0.2) is 17.4 Å². The third kappa shape index (κ3) is 6.63. The number of aliphatic imine (C=N–C) groups is 1. The molecule has 0 heterocycles. The summed E-state index contributed by atoms with van der Waals surface area (Å²) in [6.07, 6.45) is 11.7. The third-order valence-electron chi connectivity index (χ3n) is 6.32. The standard InChI is InChI=1S/C26H30FNOS2/c1-29-23-11-9-22(10-12-23)28-26(16-17-30-24-14-7-21(27)8-15-24)31-25-13-6-19-4-2-3-5-20(19)18-25/h7-12,14-17,19-20,25H,2-6,13,18H2,1H3/b17-16+,28-26?. The molecule has 0 aromatic heterocycles. The SMILES string of the molecule is COc1ccc(N=C(/C=C/Sc2ccc(F)cc2)SC2CCC3CCCCC3C2)cc1. The van der Waals surface area contributed by atoms with E-state index in [2.05, 4.69) is 11.5 Å². The molecule has 0 spiro atoms. The van der Waals surface area contributed by atoms with E-state index in [9.17, 15) is 4.39 Å². The first-order valence-electron chi connectivity index (χ1n) is 11.2. The van der Waals surface area contributed by atoms with E-state index in [1.165, 1.54) is 57.1 Å². The van der Waals surface area contributed by atoms with Crippen LogP contribution >= 0.6 is 23.5 Å². The van der Waals surface area contributed by atoms with Gasteiger partial charge in [0.2, 0.25) is 0 Å². The average Bonchev–Trinajstić information content (AvgIpc) is 2.81.